The molecule has 2 heteroatoms. The van der Waals surface area contributed by atoms with Gasteiger partial charge in [-0.25, -0.2) is 8.78 Å². The van der Waals surface area contributed by atoms with Gasteiger partial charge in [-0.1, -0.05) is 30.6 Å². The normalized spacial score (nSPS) is 9.44. The number of allylic oxidation sites excluding steroid dienone is 1. The Labute approximate surface area is 105 Å². The van der Waals surface area contributed by atoms with E-state index in [0.29, 0.717) is 11.1 Å². The summed E-state index contributed by atoms with van der Waals surface area (Å²) in [5, 5.41) is 0. The smallest absolute Gasteiger partial charge is 0.123 e. The molecule has 2 aromatic rings. The molecule has 88 valence electrons. The van der Waals surface area contributed by atoms with E-state index in [0.717, 1.165) is 5.56 Å². The lowest BCUT2D eigenvalue weighted by molar-refractivity contribution is 0.627. The molecule has 18 heavy (non-hydrogen) atoms. The highest BCUT2D eigenvalue weighted by molar-refractivity contribution is 5.77. The van der Waals surface area contributed by atoms with E-state index in [2.05, 4.69) is 18.4 Å². The van der Waals surface area contributed by atoms with E-state index in [1.54, 1.807) is 24.3 Å². The predicted molar refractivity (Wildman–Crippen MR) is 68.7 cm³/mol. The number of halogens is 2. The van der Waals surface area contributed by atoms with Gasteiger partial charge in [-0.05, 0) is 42.0 Å². The molecule has 0 amide bonds. The first-order valence-electron chi connectivity index (χ1n) is 5.37. The van der Waals surface area contributed by atoms with Gasteiger partial charge in [0.2, 0.25) is 0 Å². The highest BCUT2D eigenvalue weighted by Crippen LogP contribution is 2.12. The fraction of sp³-hybridized carbons (Fsp3) is 0. The van der Waals surface area contributed by atoms with Crippen molar-refractivity contribution in [2.24, 2.45) is 0 Å². The third-order valence-electron chi connectivity index (χ3n) is 2.39. The molecule has 0 nitrogen and oxygen atoms in total. The molecule has 0 heterocycles. The van der Waals surface area contributed by atoms with Crippen LogP contribution in [0.15, 0.2) is 55.1 Å². The summed E-state index contributed by atoms with van der Waals surface area (Å²) in [5.74, 6) is 5.15. The summed E-state index contributed by atoms with van der Waals surface area (Å²) in [7, 11) is 0. The van der Waals surface area contributed by atoms with Crippen molar-refractivity contribution in [2.45, 2.75) is 0 Å². The summed E-state index contributed by atoms with van der Waals surface area (Å²) >= 11 is 0. The highest BCUT2D eigenvalue weighted by Gasteiger charge is 1.95. The molecule has 0 saturated carbocycles. The van der Waals surface area contributed by atoms with Crippen LogP contribution in [0.1, 0.15) is 11.1 Å². The lowest BCUT2D eigenvalue weighted by atomic mass is 10.1. The second-order valence-electron chi connectivity index (χ2n) is 3.74. The van der Waals surface area contributed by atoms with Crippen molar-refractivity contribution in [3.63, 3.8) is 0 Å². The van der Waals surface area contributed by atoms with Gasteiger partial charge >= 0.3 is 0 Å². The molecular weight excluding hydrogens is 230 g/mol. The van der Waals surface area contributed by atoms with Gasteiger partial charge in [0.15, 0.2) is 0 Å². The topological polar surface area (TPSA) is 0 Å². The summed E-state index contributed by atoms with van der Waals surface area (Å²) in [6.07, 6.45) is 0. The minimum atomic E-state index is -0.294. The van der Waals surface area contributed by atoms with Crippen LogP contribution < -0.4 is 0 Å². The molecule has 0 N–H and O–H groups in total. The van der Waals surface area contributed by atoms with Crippen LogP contribution in [-0.4, -0.2) is 0 Å². The Morgan fingerprint density at radius 2 is 1.33 bits per heavy atom. The molecule has 0 aliphatic rings. The molecule has 2 rings (SSSR count). The van der Waals surface area contributed by atoms with Gasteiger partial charge in [-0.15, -0.1) is 0 Å². The van der Waals surface area contributed by atoms with E-state index in [9.17, 15) is 8.78 Å². The van der Waals surface area contributed by atoms with Crippen molar-refractivity contribution in [3.05, 3.63) is 77.9 Å². The molecule has 2 aromatic carbocycles. The van der Waals surface area contributed by atoms with Gasteiger partial charge in [0.25, 0.3) is 0 Å². The molecule has 0 bridgehead atoms. The Bertz CT molecular complexity index is 611. The van der Waals surface area contributed by atoms with Gasteiger partial charge in [0, 0.05) is 11.1 Å². The van der Waals surface area contributed by atoms with E-state index < -0.39 is 0 Å². The van der Waals surface area contributed by atoms with Crippen LogP contribution in [-0.2, 0) is 0 Å². The zero-order valence-electron chi connectivity index (χ0n) is 9.58. The number of hydrogen-bond acceptors (Lipinski definition) is 0. The zero-order chi connectivity index (χ0) is 13.0. The zero-order valence-corrected chi connectivity index (χ0v) is 9.58. The Balaban J connectivity index is 2.17. The van der Waals surface area contributed by atoms with Gasteiger partial charge in [0.05, 0.1) is 0 Å². The first-order valence-corrected chi connectivity index (χ1v) is 5.37. The van der Waals surface area contributed by atoms with Crippen molar-refractivity contribution in [1.29, 1.82) is 0 Å². The third kappa shape index (κ3) is 3.05. The van der Waals surface area contributed by atoms with E-state index in [-0.39, 0.29) is 11.6 Å². The third-order valence-corrected chi connectivity index (χ3v) is 2.39. The fourth-order valence-corrected chi connectivity index (χ4v) is 1.40. The van der Waals surface area contributed by atoms with Gasteiger partial charge in [-0.2, -0.15) is 0 Å². The molecule has 0 unspecified atom stereocenters. The molecule has 0 aromatic heterocycles. The molecule has 0 aliphatic carbocycles. The SMILES string of the molecule is C=C(C#Cc1ccc(F)cc1)c1ccc(F)cc1. The van der Waals surface area contributed by atoms with Gasteiger partial charge in [-0.3, -0.25) is 0 Å². The second-order valence-corrected chi connectivity index (χ2v) is 3.74. The maximum Gasteiger partial charge on any atom is 0.123 e. The molecular formula is C16H10F2. The predicted octanol–water partition coefficient (Wildman–Crippen LogP) is 4.03. The quantitative estimate of drug-likeness (QED) is 0.660. The van der Waals surface area contributed by atoms with Crippen molar-refractivity contribution >= 4 is 5.57 Å². The van der Waals surface area contributed by atoms with Crippen molar-refractivity contribution in [3.8, 4) is 11.8 Å². The molecule has 0 aliphatic heterocycles. The van der Waals surface area contributed by atoms with E-state index in [1.165, 1.54) is 24.3 Å². The van der Waals surface area contributed by atoms with Gasteiger partial charge < -0.3 is 0 Å². The van der Waals surface area contributed by atoms with Crippen molar-refractivity contribution in [2.75, 3.05) is 0 Å². The molecule has 0 atom stereocenters. The monoisotopic (exact) mass is 240 g/mol. The summed E-state index contributed by atoms with van der Waals surface area (Å²) in [5.41, 5.74) is 2.07. The highest BCUT2D eigenvalue weighted by atomic mass is 19.1. The molecule has 0 spiro atoms. The average molecular weight is 240 g/mol. The fourth-order valence-electron chi connectivity index (χ4n) is 1.40. The minimum Gasteiger partial charge on any atom is -0.207 e. The van der Waals surface area contributed by atoms with Crippen LogP contribution in [0.4, 0.5) is 8.78 Å². The van der Waals surface area contributed by atoms with Crippen molar-refractivity contribution in [1.82, 2.24) is 0 Å². The summed E-state index contributed by atoms with van der Waals surface area (Å²) < 4.78 is 25.4. The van der Waals surface area contributed by atoms with Crippen LogP contribution in [0.2, 0.25) is 0 Å². The lowest BCUT2D eigenvalue weighted by Crippen LogP contribution is -1.81. The largest absolute Gasteiger partial charge is 0.207 e. The molecule has 0 saturated heterocycles. The summed E-state index contributed by atoms with van der Waals surface area (Å²) in [4.78, 5) is 0. The second kappa shape index (κ2) is 5.29. The van der Waals surface area contributed by atoms with Crippen molar-refractivity contribution < 1.29 is 8.78 Å². The minimum absolute atomic E-state index is 0.293. The standard InChI is InChI=1S/C16H10F2/c1-12(14-6-10-16(18)11-7-14)2-3-13-4-8-15(17)9-5-13/h4-11H,1H2. The Hall–Kier alpha value is -2.40. The first-order chi connectivity index (χ1) is 8.65. The Morgan fingerprint density at radius 1 is 0.833 bits per heavy atom. The Kier molecular flexibility index (Phi) is 3.54. The summed E-state index contributed by atoms with van der Waals surface area (Å²) in [6, 6.07) is 11.9. The van der Waals surface area contributed by atoms with Crippen LogP contribution in [0.3, 0.4) is 0 Å². The lowest BCUT2D eigenvalue weighted by Gasteiger charge is -1.97. The Morgan fingerprint density at radius 3 is 1.89 bits per heavy atom. The maximum absolute atomic E-state index is 12.7. The van der Waals surface area contributed by atoms with Gasteiger partial charge in [0.1, 0.15) is 11.6 Å². The van der Waals surface area contributed by atoms with E-state index >= 15 is 0 Å². The summed E-state index contributed by atoms with van der Waals surface area (Å²) in [6.45, 7) is 3.82. The number of hydrogen-bond donors (Lipinski definition) is 0. The van der Waals surface area contributed by atoms with E-state index in [1.807, 2.05) is 0 Å². The van der Waals surface area contributed by atoms with Crippen LogP contribution in [0.5, 0.6) is 0 Å². The maximum atomic E-state index is 12.7. The number of rotatable bonds is 1. The number of benzene rings is 2. The van der Waals surface area contributed by atoms with Crippen LogP contribution in [0.25, 0.3) is 5.57 Å². The van der Waals surface area contributed by atoms with Crippen LogP contribution in [0, 0.1) is 23.5 Å². The first kappa shape index (κ1) is 12.1. The van der Waals surface area contributed by atoms with Crippen LogP contribution >= 0.6 is 0 Å². The molecule has 0 fully saturated rings. The van der Waals surface area contributed by atoms with E-state index in [4.69, 9.17) is 0 Å². The molecule has 0 radical (unpaired) electrons. The average Bonchev–Trinajstić information content (AvgIpc) is 2.38.